The summed E-state index contributed by atoms with van der Waals surface area (Å²) in [5.74, 6) is 0. The molecule has 0 aromatic carbocycles. The molecule has 2 unspecified atom stereocenters. The largest absolute Gasteiger partial charge is 0.376 e. The molecule has 0 amide bonds. The van der Waals surface area contributed by atoms with Gasteiger partial charge >= 0.3 is 0 Å². The lowest BCUT2D eigenvalue weighted by Crippen LogP contribution is -2.30. The third kappa shape index (κ3) is 5.36. The van der Waals surface area contributed by atoms with Gasteiger partial charge in [0.15, 0.2) is 0 Å². The molecule has 2 N–H and O–H groups in total. The second kappa shape index (κ2) is 8.27. The summed E-state index contributed by atoms with van der Waals surface area (Å²) in [6.07, 6.45) is 1.09. The molecule has 104 valence electrons. The van der Waals surface area contributed by atoms with E-state index in [0.717, 1.165) is 10.2 Å². The Morgan fingerprint density at radius 1 is 1.28 bits per heavy atom. The molecule has 0 aliphatic rings. The minimum atomic E-state index is -0.0398. The van der Waals surface area contributed by atoms with Crippen LogP contribution in [0.5, 0.6) is 0 Å². The molecule has 1 rings (SSSR count). The van der Waals surface area contributed by atoms with E-state index in [1.807, 2.05) is 19.9 Å². The fourth-order valence-corrected chi connectivity index (χ4v) is 3.12. The highest BCUT2D eigenvalue weighted by Gasteiger charge is 2.20. The number of hydrogen-bond acceptors (Lipinski definition) is 4. The predicted octanol–water partition coefficient (Wildman–Crippen LogP) is 3.73. The number of hydrogen-bond donors (Lipinski definition) is 1. The second-order valence-electron chi connectivity index (χ2n) is 4.42. The van der Waals surface area contributed by atoms with Gasteiger partial charge < -0.3 is 15.2 Å². The minimum Gasteiger partial charge on any atom is -0.376 e. The average Bonchev–Trinajstić information content (AvgIpc) is 2.74. The Labute approximate surface area is 122 Å². The quantitative estimate of drug-likeness (QED) is 0.736. The van der Waals surface area contributed by atoms with Crippen LogP contribution in [0.4, 0.5) is 0 Å². The fraction of sp³-hybridized carbons (Fsp3) is 0.692. The van der Waals surface area contributed by atoms with Crippen molar-refractivity contribution in [1.82, 2.24) is 0 Å². The Morgan fingerprint density at radius 3 is 2.44 bits per heavy atom. The highest BCUT2D eigenvalue weighted by Crippen LogP contribution is 2.31. The first-order chi connectivity index (χ1) is 8.54. The number of thiophene rings is 1. The third-order valence-corrected chi connectivity index (χ3v) is 4.25. The first kappa shape index (κ1) is 16.1. The first-order valence-electron chi connectivity index (χ1n) is 6.28. The summed E-state index contributed by atoms with van der Waals surface area (Å²) in [4.78, 5) is 1.17. The van der Waals surface area contributed by atoms with Crippen molar-refractivity contribution in [1.29, 1.82) is 0 Å². The highest BCUT2D eigenvalue weighted by atomic mass is 79.9. The third-order valence-electron chi connectivity index (χ3n) is 2.57. The van der Waals surface area contributed by atoms with E-state index in [1.54, 1.807) is 11.3 Å². The zero-order chi connectivity index (χ0) is 13.5. The van der Waals surface area contributed by atoms with Crippen LogP contribution in [0.1, 0.15) is 38.2 Å². The topological polar surface area (TPSA) is 44.5 Å². The normalized spacial score (nSPS) is 15.0. The number of nitrogens with two attached hydrogens (primary N) is 1. The molecule has 0 aliphatic heterocycles. The minimum absolute atomic E-state index is 0.0228. The van der Waals surface area contributed by atoms with Gasteiger partial charge in [-0.05, 0) is 48.3 Å². The summed E-state index contributed by atoms with van der Waals surface area (Å²) in [6, 6.07) is 4.12. The van der Waals surface area contributed by atoms with Crippen LogP contribution in [-0.2, 0) is 9.47 Å². The number of ether oxygens (including phenoxy) is 2. The average molecular weight is 336 g/mol. The molecular formula is C13H22BrNO2S. The monoisotopic (exact) mass is 335 g/mol. The van der Waals surface area contributed by atoms with Gasteiger partial charge in [0, 0.05) is 10.9 Å². The first-order valence-corrected chi connectivity index (χ1v) is 7.89. The van der Waals surface area contributed by atoms with Crippen LogP contribution in [0.15, 0.2) is 15.9 Å². The molecule has 0 aliphatic carbocycles. The molecule has 1 aromatic heterocycles. The maximum atomic E-state index is 6.13. The number of halogens is 1. The van der Waals surface area contributed by atoms with Gasteiger partial charge in [-0.25, -0.2) is 0 Å². The Kier molecular flexibility index (Phi) is 7.41. The van der Waals surface area contributed by atoms with Crippen molar-refractivity contribution in [2.75, 3.05) is 13.2 Å². The lowest BCUT2D eigenvalue weighted by molar-refractivity contribution is -0.0211. The van der Waals surface area contributed by atoms with Gasteiger partial charge in [0.1, 0.15) is 6.10 Å². The van der Waals surface area contributed by atoms with Crippen molar-refractivity contribution in [2.45, 2.75) is 45.4 Å². The summed E-state index contributed by atoms with van der Waals surface area (Å²) in [7, 11) is 0. The molecule has 0 saturated carbocycles. The van der Waals surface area contributed by atoms with Gasteiger partial charge in [-0.2, -0.15) is 0 Å². The van der Waals surface area contributed by atoms with Gasteiger partial charge in [0.25, 0.3) is 0 Å². The molecule has 1 aromatic rings. The van der Waals surface area contributed by atoms with Gasteiger partial charge in [-0.1, -0.05) is 6.92 Å². The predicted molar refractivity (Wildman–Crippen MR) is 80.1 cm³/mol. The Hall–Kier alpha value is 0.0600. The van der Waals surface area contributed by atoms with Crippen molar-refractivity contribution in [3.8, 4) is 0 Å². The van der Waals surface area contributed by atoms with Crippen molar-refractivity contribution in [3.05, 3.63) is 20.8 Å². The standard InChI is InChI=1S/C13H22BrNO2S/c1-4-10(15)13(11-5-6-12(14)18-11)17-8-7-16-9(2)3/h5-6,9-10,13H,4,7-8,15H2,1-3H3. The zero-order valence-electron chi connectivity index (χ0n) is 11.2. The van der Waals surface area contributed by atoms with Crippen molar-refractivity contribution in [2.24, 2.45) is 5.73 Å². The van der Waals surface area contributed by atoms with E-state index in [9.17, 15) is 0 Å². The molecule has 0 saturated heterocycles. The maximum absolute atomic E-state index is 6.13. The lowest BCUT2D eigenvalue weighted by atomic mass is 10.1. The molecule has 5 heteroatoms. The van der Waals surface area contributed by atoms with Crippen LogP contribution >= 0.6 is 27.3 Å². The van der Waals surface area contributed by atoms with Crippen LogP contribution in [0, 0.1) is 0 Å². The lowest BCUT2D eigenvalue weighted by Gasteiger charge is -2.22. The molecule has 3 nitrogen and oxygen atoms in total. The van der Waals surface area contributed by atoms with E-state index in [1.165, 1.54) is 4.88 Å². The summed E-state index contributed by atoms with van der Waals surface area (Å²) >= 11 is 5.14. The van der Waals surface area contributed by atoms with Crippen molar-refractivity contribution in [3.63, 3.8) is 0 Å². The van der Waals surface area contributed by atoms with Gasteiger partial charge in [-0.15, -0.1) is 11.3 Å². The smallest absolute Gasteiger partial charge is 0.107 e. The van der Waals surface area contributed by atoms with Crippen LogP contribution in [0.2, 0.25) is 0 Å². The van der Waals surface area contributed by atoms with Gasteiger partial charge in [0.05, 0.1) is 23.1 Å². The second-order valence-corrected chi connectivity index (χ2v) is 6.92. The highest BCUT2D eigenvalue weighted by molar-refractivity contribution is 9.11. The fourth-order valence-electron chi connectivity index (χ4n) is 1.57. The molecule has 0 bridgehead atoms. The van der Waals surface area contributed by atoms with Gasteiger partial charge in [0.2, 0.25) is 0 Å². The molecule has 18 heavy (non-hydrogen) atoms. The zero-order valence-corrected chi connectivity index (χ0v) is 13.6. The van der Waals surface area contributed by atoms with E-state index in [4.69, 9.17) is 15.2 Å². The van der Waals surface area contributed by atoms with E-state index in [2.05, 4.69) is 28.9 Å². The summed E-state index contributed by atoms with van der Waals surface area (Å²) in [5.41, 5.74) is 6.13. The van der Waals surface area contributed by atoms with Gasteiger partial charge in [-0.3, -0.25) is 0 Å². The molecule has 2 atom stereocenters. The van der Waals surface area contributed by atoms with E-state index in [0.29, 0.717) is 13.2 Å². The van der Waals surface area contributed by atoms with Crippen LogP contribution in [0.25, 0.3) is 0 Å². The summed E-state index contributed by atoms with van der Waals surface area (Å²) < 4.78 is 12.5. The molecule has 0 spiro atoms. The molecule has 0 radical (unpaired) electrons. The summed E-state index contributed by atoms with van der Waals surface area (Å²) in [6.45, 7) is 7.30. The van der Waals surface area contributed by atoms with Crippen LogP contribution < -0.4 is 5.73 Å². The van der Waals surface area contributed by atoms with E-state index >= 15 is 0 Å². The van der Waals surface area contributed by atoms with E-state index in [-0.39, 0.29) is 18.2 Å². The molecule has 1 heterocycles. The molecule has 0 fully saturated rings. The summed E-state index contributed by atoms with van der Waals surface area (Å²) in [5, 5.41) is 0. The SMILES string of the molecule is CCC(N)C(OCCOC(C)C)c1ccc(Br)s1. The number of rotatable bonds is 8. The van der Waals surface area contributed by atoms with Crippen molar-refractivity contribution >= 4 is 27.3 Å². The Balaban J connectivity index is 2.51. The Bertz CT molecular complexity index is 343. The van der Waals surface area contributed by atoms with Crippen molar-refractivity contribution < 1.29 is 9.47 Å². The maximum Gasteiger partial charge on any atom is 0.107 e. The van der Waals surface area contributed by atoms with Crippen LogP contribution in [0.3, 0.4) is 0 Å². The van der Waals surface area contributed by atoms with Crippen LogP contribution in [-0.4, -0.2) is 25.4 Å². The molecular weight excluding hydrogens is 314 g/mol. The van der Waals surface area contributed by atoms with E-state index < -0.39 is 0 Å². The Morgan fingerprint density at radius 2 is 1.94 bits per heavy atom.